The van der Waals surface area contributed by atoms with E-state index in [2.05, 4.69) is 17.4 Å². The summed E-state index contributed by atoms with van der Waals surface area (Å²) in [6.07, 6.45) is 2.80. The Morgan fingerprint density at radius 3 is 2.82 bits per heavy atom. The van der Waals surface area contributed by atoms with Crippen LogP contribution in [-0.4, -0.2) is 22.5 Å². The number of halogens is 1. The second-order valence-corrected chi connectivity index (χ2v) is 4.61. The van der Waals surface area contributed by atoms with Crippen LogP contribution in [0.4, 0.5) is 0 Å². The zero-order chi connectivity index (χ0) is 12.8. The summed E-state index contributed by atoms with van der Waals surface area (Å²) >= 11 is 6.14. The summed E-state index contributed by atoms with van der Waals surface area (Å²) in [5.74, 6) is 5.55. The van der Waals surface area contributed by atoms with Gasteiger partial charge in [-0.05, 0) is 20.3 Å². The topological polar surface area (TPSA) is 65.1 Å². The standard InChI is InChI=1S/C11H21ClN4O/c1-4-5-16-11(9(12)6-14-16)10(15-13)7-17-8(2)3/h6,8,10,15H,4-5,7,13H2,1-3H3. The van der Waals surface area contributed by atoms with Crippen LogP contribution in [0.1, 0.15) is 38.9 Å². The van der Waals surface area contributed by atoms with Gasteiger partial charge in [0.15, 0.2) is 0 Å². The normalized spacial score (nSPS) is 13.3. The van der Waals surface area contributed by atoms with E-state index in [1.807, 2.05) is 18.5 Å². The van der Waals surface area contributed by atoms with Crippen LogP contribution in [0.15, 0.2) is 6.20 Å². The fourth-order valence-corrected chi connectivity index (χ4v) is 1.88. The first-order valence-electron chi connectivity index (χ1n) is 5.89. The third-order valence-corrected chi connectivity index (χ3v) is 2.69. The number of hydrogen-bond acceptors (Lipinski definition) is 4. The van der Waals surface area contributed by atoms with Crippen LogP contribution in [0.25, 0.3) is 0 Å². The molecular weight excluding hydrogens is 240 g/mol. The second kappa shape index (κ2) is 6.96. The van der Waals surface area contributed by atoms with Crippen molar-refractivity contribution in [3.63, 3.8) is 0 Å². The number of nitrogens with two attached hydrogens (primary N) is 1. The lowest BCUT2D eigenvalue weighted by atomic mass is 10.2. The molecule has 3 N–H and O–H groups in total. The van der Waals surface area contributed by atoms with Gasteiger partial charge >= 0.3 is 0 Å². The maximum Gasteiger partial charge on any atom is 0.0877 e. The van der Waals surface area contributed by atoms with E-state index in [-0.39, 0.29) is 12.1 Å². The van der Waals surface area contributed by atoms with Crippen molar-refractivity contribution in [1.82, 2.24) is 15.2 Å². The van der Waals surface area contributed by atoms with Crippen molar-refractivity contribution < 1.29 is 4.74 Å². The Morgan fingerprint density at radius 2 is 2.29 bits per heavy atom. The summed E-state index contributed by atoms with van der Waals surface area (Å²) in [6.45, 7) is 7.36. The largest absolute Gasteiger partial charge is 0.377 e. The van der Waals surface area contributed by atoms with E-state index >= 15 is 0 Å². The zero-order valence-corrected chi connectivity index (χ0v) is 11.4. The molecule has 1 aromatic heterocycles. The van der Waals surface area contributed by atoms with E-state index < -0.39 is 0 Å². The molecule has 0 spiro atoms. The van der Waals surface area contributed by atoms with E-state index in [0.29, 0.717) is 11.6 Å². The molecule has 1 heterocycles. The summed E-state index contributed by atoms with van der Waals surface area (Å²) in [4.78, 5) is 0. The molecule has 0 fully saturated rings. The molecule has 0 aliphatic rings. The van der Waals surface area contributed by atoms with Crippen LogP contribution in [-0.2, 0) is 11.3 Å². The molecule has 0 amide bonds. The van der Waals surface area contributed by atoms with Crippen molar-refractivity contribution >= 4 is 11.6 Å². The van der Waals surface area contributed by atoms with Crippen molar-refractivity contribution in [2.24, 2.45) is 5.84 Å². The van der Waals surface area contributed by atoms with Gasteiger partial charge in [0, 0.05) is 6.54 Å². The number of ether oxygens (including phenoxy) is 1. The Balaban J connectivity index is 2.82. The zero-order valence-electron chi connectivity index (χ0n) is 10.6. The molecule has 0 radical (unpaired) electrons. The fraction of sp³-hybridized carbons (Fsp3) is 0.727. The first kappa shape index (κ1) is 14.4. The summed E-state index contributed by atoms with van der Waals surface area (Å²) in [7, 11) is 0. The van der Waals surface area contributed by atoms with Crippen LogP contribution in [0, 0.1) is 0 Å². The average Bonchev–Trinajstić information content (AvgIpc) is 2.63. The summed E-state index contributed by atoms with van der Waals surface area (Å²) in [6, 6.07) is -0.140. The highest BCUT2D eigenvalue weighted by Crippen LogP contribution is 2.23. The molecular formula is C11H21ClN4O. The first-order valence-corrected chi connectivity index (χ1v) is 6.26. The molecule has 98 valence electrons. The summed E-state index contributed by atoms with van der Waals surface area (Å²) in [5, 5.41) is 4.85. The number of aryl methyl sites for hydroxylation is 1. The van der Waals surface area contributed by atoms with Gasteiger partial charge in [-0.3, -0.25) is 10.5 Å². The molecule has 0 aliphatic carbocycles. The Hall–Kier alpha value is -0.620. The lowest BCUT2D eigenvalue weighted by molar-refractivity contribution is 0.0594. The molecule has 0 saturated carbocycles. The molecule has 1 unspecified atom stereocenters. The summed E-state index contributed by atoms with van der Waals surface area (Å²) in [5.41, 5.74) is 3.61. The third-order valence-electron chi connectivity index (χ3n) is 2.40. The molecule has 0 bridgehead atoms. The SMILES string of the molecule is CCCn1ncc(Cl)c1C(COC(C)C)NN. The molecule has 0 aromatic carbocycles. The minimum atomic E-state index is -0.140. The van der Waals surface area contributed by atoms with Gasteiger partial charge < -0.3 is 4.74 Å². The average molecular weight is 261 g/mol. The van der Waals surface area contributed by atoms with Crippen LogP contribution in [0.3, 0.4) is 0 Å². The maximum atomic E-state index is 6.14. The van der Waals surface area contributed by atoms with E-state index in [4.69, 9.17) is 22.2 Å². The Bertz CT molecular complexity index is 340. The predicted octanol–water partition coefficient (Wildman–Crippen LogP) is 1.88. The van der Waals surface area contributed by atoms with Crippen LogP contribution >= 0.6 is 11.6 Å². The number of nitrogens with zero attached hydrogens (tertiary/aromatic N) is 2. The van der Waals surface area contributed by atoms with Crippen LogP contribution < -0.4 is 11.3 Å². The molecule has 5 nitrogen and oxygen atoms in total. The lowest BCUT2D eigenvalue weighted by Gasteiger charge is -2.19. The molecule has 1 aromatic rings. The van der Waals surface area contributed by atoms with Crippen molar-refractivity contribution in [1.29, 1.82) is 0 Å². The smallest absolute Gasteiger partial charge is 0.0877 e. The lowest BCUT2D eigenvalue weighted by Crippen LogP contribution is -2.34. The Labute approximate surface area is 107 Å². The Kier molecular flexibility index (Phi) is 5.91. The number of rotatable bonds is 7. The molecule has 0 aliphatic heterocycles. The van der Waals surface area contributed by atoms with Crippen molar-refractivity contribution in [3.05, 3.63) is 16.9 Å². The number of hydrogen-bond donors (Lipinski definition) is 2. The monoisotopic (exact) mass is 260 g/mol. The Morgan fingerprint density at radius 1 is 1.59 bits per heavy atom. The van der Waals surface area contributed by atoms with Gasteiger partial charge in [0.1, 0.15) is 0 Å². The van der Waals surface area contributed by atoms with Crippen molar-refractivity contribution in [3.8, 4) is 0 Å². The molecule has 0 saturated heterocycles. The van der Waals surface area contributed by atoms with E-state index in [1.54, 1.807) is 6.20 Å². The number of nitrogens with one attached hydrogen (secondary N) is 1. The minimum Gasteiger partial charge on any atom is -0.377 e. The van der Waals surface area contributed by atoms with Gasteiger partial charge in [-0.15, -0.1) is 0 Å². The second-order valence-electron chi connectivity index (χ2n) is 4.20. The van der Waals surface area contributed by atoms with Gasteiger partial charge in [0.05, 0.1) is 35.7 Å². The van der Waals surface area contributed by atoms with Gasteiger partial charge in [-0.1, -0.05) is 18.5 Å². The molecule has 17 heavy (non-hydrogen) atoms. The maximum absolute atomic E-state index is 6.14. The van der Waals surface area contributed by atoms with E-state index in [1.165, 1.54) is 0 Å². The summed E-state index contributed by atoms with van der Waals surface area (Å²) < 4.78 is 7.44. The van der Waals surface area contributed by atoms with Gasteiger partial charge in [0.25, 0.3) is 0 Å². The van der Waals surface area contributed by atoms with Gasteiger partial charge in [-0.2, -0.15) is 5.10 Å². The fourth-order valence-electron chi connectivity index (χ4n) is 1.60. The van der Waals surface area contributed by atoms with Crippen LogP contribution in [0.5, 0.6) is 0 Å². The molecule has 6 heteroatoms. The number of hydrazine groups is 1. The minimum absolute atomic E-state index is 0.140. The number of aromatic nitrogens is 2. The third kappa shape index (κ3) is 3.96. The van der Waals surface area contributed by atoms with Crippen molar-refractivity contribution in [2.75, 3.05) is 6.61 Å². The van der Waals surface area contributed by atoms with Gasteiger partial charge in [-0.25, -0.2) is 5.43 Å². The van der Waals surface area contributed by atoms with E-state index in [9.17, 15) is 0 Å². The van der Waals surface area contributed by atoms with Crippen LogP contribution in [0.2, 0.25) is 5.02 Å². The highest BCUT2D eigenvalue weighted by atomic mass is 35.5. The predicted molar refractivity (Wildman–Crippen MR) is 68.7 cm³/mol. The van der Waals surface area contributed by atoms with Gasteiger partial charge in [0.2, 0.25) is 0 Å². The highest BCUT2D eigenvalue weighted by molar-refractivity contribution is 6.31. The first-order chi connectivity index (χ1) is 8.10. The molecule has 1 rings (SSSR count). The highest BCUT2D eigenvalue weighted by Gasteiger charge is 2.19. The quantitative estimate of drug-likeness (QED) is 0.580. The van der Waals surface area contributed by atoms with Crippen molar-refractivity contribution in [2.45, 2.75) is 45.9 Å². The van der Waals surface area contributed by atoms with E-state index in [0.717, 1.165) is 18.7 Å². The molecule has 1 atom stereocenters.